The molecule has 5 nitrogen and oxygen atoms in total. The summed E-state index contributed by atoms with van der Waals surface area (Å²) < 4.78 is 15.2. The van der Waals surface area contributed by atoms with Crippen LogP contribution in [0.2, 0.25) is 0 Å². The molecule has 0 saturated heterocycles. The molecule has 0 saturated carbocycles. The van der Waals surface area contributed by atoms with E-state index in [9.17, 15) is 10.5 Å². The predicted octanol–water partition coefficient (Wildman–Crippen LogP) is 6.68. The predicted molar refractivity (Wildman–Crippen MR) is 120 cm³/mol. The van der Waals surface area contributed by atoms with Gasteiger partial charge in [0.25, 0.3) is 8.53 Å². The Morgan fingerprint density at radius 2 is 1.10 bits per heavy atom. The van der Waals surface area contributed by atoms with Gasteiger partial charge in [0.1, 0.15) is 12.2 Å². The van der Waals surface area contributed by atoms with E-state index in [-0.39, 0.29) is 24.9 Å². The second-order valence-electron chi connectivity index (χ2n) is 7.54. The average molecular weight is 423 g/mol. The smallest absolute Gasteiger partial charge is 0.260 e. The molecular formula is C24H30N3O2P. The van der Waals surface area contributed by atoms with Crippen LogP contribution in [-0.2, 0) is 9.05 Å². The van der Waals surface area contributed by atoms with Gasteiger partial charge < -0.3 is 9.05 Å². The van der Waals surface area contributed by atoms with Gasteiger partial charge in [-0.15, -0.1) is 0 Å². The Morgan fingerprint density at radius 1 is 0.733 bits per heavy atom. The third kappa shape index (κ3) is 6.91. The van der Waals surface area contributed by atoms with Crippen LogP contribution in [0.3, 0.4) is 0 Å². The minimum Gasteiger partial charge on any atom is -0.313 e. The van der Waals surface area contributed by atoms with Crippen LogP contribution in [0.5, 0.6) is 0 Å². The van der Waals surface area contributed by atoms with E-state index in [4.69, 9.17) is 9.05 Å². The second-order valence-corrected chi connectivity index (χ2v) is 8.90. The fourth-order valence-corrected chi connectivity index (χ4v) is 5.11. The van der Waals surface area contributed by atoms with Gasteiger partial charge in [-0.05, 0) is 38.8 Å². The van der Waals surface area contributed by atoms with Crippen molar-refractivity contribution in [2.75, 3.05) is 0 Å². The first kappa shape index (κ1) is 24.0. The maximum absolute atomic E-state index is 9.39. The van der Waals surface area contributed by atoms with Crippen LogP contribution in [0.15, 0.2) is 60.7 Å². The van der Waals surface area contributed by atoms with Crippen molar-refractivity contribution in [3.05, 3.63) is 71.8 Å². The average Bonchev–Trinajstić information content (AvgIpc) is 2.73. The van der Waals surface area contributed by atoms with Crippen molar-refractivity contribution in [1.29, 1.82) is 10.5 Å². The Morgan fingerprint density at radius 3 is 1.40 bits per heavy atom. The van der Waals surface area contributed by atoms with E-state index >= 15 is 0 Å². The zero-order valence-electron chi connectivity index (χ0n) is 18.1. The van der Waals surface area contributed by atoms with Crippen LogP contribution in [0.4, 0.5) is 0 Å². The zero-order chi connectivity index (χ0) is 21.9. The number of hydrogen-bond acceptors (Lipinski definition) is 5. The van der Waals surface area contributed by atoms with Gasteiger partial charge >= 0.3 is 0 Å². The molecule has 0 heterocycles. The van der Waals surface area contributed by atoms with Gasteiger partial charge in [-0.25, -0.2) is 4.67 Å². The summed E-state index contributed by atoms with van der Waals surface area (Å²) >= 11 is 0. The van der Waals surface area contributed by atoms with E-state index in [0.717, 1.165) is 11.1 Å². The highest BCUT2D eigenvalue weighted by Gasteiger charge is 2.33. The van der Waals surface area contributed by atoms with Crippen LogP contribution in [0, 0.1) is 22.7 Å². The SMILES string of the molecule is CC(C)N(C(C)C)P(O[C@@H](CC#N)c1ccccc1)O[C@@H](CC#N)c1ccccc1. The van der Waals surface area contributed by atoms with Crippen LogP contribution in [0.25, 0.3) is 0 Å². The molecule has 0 fully saturated rings. The van der Waals surface area contributed by atoms with Gasteiger partial charge in [0, 0.05) is 12.1 Å². The highest BCUT2D eigenvalue weighted by Crippen LogP contribution is 2.53. The highest BCUT2D eigenvalue weighted by atomic mass is 31.2. The van der Waals surface area contributed by atoms with Crippen molar-refractivity contribution < 1.29 is 9.05 Å². The molecule has 2 aromatic rings. The molecular weight excluding hydrogens is 393 g/mol. The molecule has 2 atom stereocenters. The molecule has 0 unspecified atom stereocenters. The van der Waals surface area contributed by atoms with Crippen LogP contribution < -0.4 is 0 Å². The van der Waals surface area contributed by atoms with E-state index in [0.29, 0.717) is 0 Å². The van der Waals surface area contributed by atoms with Gasteiger partial charge in [-0.1, -0.05) is 60.7 Å². The molecule has 0 radical (unpaired) electrons. The number of rotatable bonds is 11. The van der Waals surface area contributed by atoms with Crippen molar-refractivity contribution in [3.63, 3.8) is 0 Å². The molecule has 158 valence electrons. The molecule has 0 aliphatic rings. The summed E-state index contributed by atoms with van der Waals surface area (Å²) in [6, 6.07) is 24.3. The number of nitrogens with zero attached hydrogens (tertiary/aromatic N) is 3. The Hall–Kier alpha value is -2.27. The molecule has 0 aromatic heterocycles. The first-order chi connectivity index (χ1) is 14.5. The highest BCUT2D eigenvalue weighted by molar-refractivity contribution is 7.44. The van der Waals surface area contributed by atoms with Crippen molar-refractivity contribution >= 4 is 8.53 Å². The maximum Gasteiger partial charge on any atom is 0.260 e. The lowest BCUT2D eigenvalue weighted by Crippen LogP contribution is -2.34. The summed E-state index contributed by atoms with van der Waals surface area (Å²) in [6.07, 6.45) is -0.351. The Kier molecular flexibility index (Phi) is 9.95. The van der Waals surface area contributed by atoms with Gasteiger partial charge in [0.2, 0.25) is 0 Å². The van der Waals surface area contributed by atoms with E-state index in [1.54, 1.807) is 0 Å². The second kappa shape index (κ2) is 12.4. The molecule has 0 aliphatic carbocycles. The summed E-state index contributed by atoms with van der Waals surface area (Å²) in [5.74, 6) is 0. The minimum absolute atomic E-state index is 0.174. The van der Waals surface area contributed by atoms with E-state index in [1.165, 1.54) is 0 Å². The number of benzene rings is 2. The van der Waals surface area contributed by atoms with Gasteiger partial charge in [-0.3, -0.25) is 0 Å². The van der Waals surface area contributed by atoms with Crippen molar-refractivity contribution in [2.24, 2.45) is 0 Å². The summed E-state index contributed by atoms with van der Waals surface area (Å²) in [5, 5.41) is 18.8. The maximum atomic E-state index is 9.39. The molecule has 2 aromatic carbocycles. The monoisotopic (exact) mass is 423 g/mol. The van der Waals surface area contributed by atoms with Crippen molar-refractivity contribution in [1.82, 2.24) is 4.67 Å². The number of nitriles is 2. The topological polar surface area (TPSA) is 69.3 Å². The molecule has 0 bridgehead atoms. The molecule has 0 N–H and O–H groups in total. The molecule has 6 heteroatoms. The first-order valence-corrected chi connectivity index (χ1v) is 11.4. The lowest BCUT2D eigenvalue weighted by Gasteiger charge is -2.38. The Bertz CT molecular complexity index is 762. The minimum atomic E-state index is -1.52. The van der Waals surface area contributed by atoms with E-state index in [1.807, 2.05) is 60.7 Å². The molecule has 0 aliphatic heterocycles. The van der Waals surface area contributed by atoms with Gasteiger partial charge in [0.15, 0.2) is 0 Å². The fourth-order valence-electron chi connectivity index (χ4n) is 3.26. The number of hydrogen-bond donors (Lipinski definition) is 0. The quantitative estimate of drug-likeness (QED) is 0.377. The summed E-state index contributed by atoms with van der Waals surface area (Å²) in [7, 11) is -1.52. The third-order valence-corrected chi connectivity index (χ3v) is 6.75. The third-order valence-electron chi connectivity index (χ3n) is 4.58. The lowest BCUT2D eigenvalue weighted by atomic mass is 10.1. The summed E-state index contributed by atoms with van der Waals surface area (Å²) in [4.78, 5) is 0. The molecule has 30 heavy (non-hydrogen) atoms. The standard InChI is InChI=1S/C24H30N3O2P/c1-19(2)27(20(3)4)30(28-23(15-17-25)21-11-7-5-8-12-21)29-24(16-18-26)22-13-9-6-10-14-22/h5-14,19-20,23-24H,15-16H2,1-4H3/t23-,24-/m0/s1. The van der Waals surface area contributed by atoms with Crippen LogP contribution in [0.1, 0.15) is 63.9 Å². The molecule has 0 amide bonds. The Balaban J connectivity index is 2.38. The molecule has 0 spiro atoms. The Labute approximate surface area is 181 Å². The largest absolute Gasteiger partial charge is 0.313 e. The van der Waals surface area contributed by atoms with Gasteiger partial charge in [0.05, 0.1) is 25.0 Å². The molecule has 2 rings (SSSR count). The van der Waals surface area contributed by atoms with E-state index < -0.39 is 20.7 Å². The van der Waals surface area contributed by atoms with Crippen LogP contribution >= 0.6 is 8.53 Å². The zero-order valence-corrected chi connectivity index (χ0v) is 19.0. The summed E-state index contributed by atoms with van der Waals surface area (Å²) in [6.45, 7) is 8.41. The first-order valence-electron chi connectivity index (χ1n) is 10.2. The lowest BCUT2D eigenvalue weighted by molar-refractivity contribution is 0.104. The van der Waals surface area contributed by atoms with E-state index in [2.05, 4.69) is 44.5 Å². The van der Waals surface area contributed by atoms with Crippen molar-refractivity contribution in [3.8, 4) is 12.1 Å². The fraction of sp³-hybridized carbons (Fsp3) is 0.417. The van der Waals surface area contributed by atoms with Crippen LogP contribution in [-0.4, -0.2) is 16.8 Å². The van der Waals surface area contributed by atoms with Gasteiger partial charge in [-0.2, -0.15) is 10.5 Å². The normalized spacial score (nSPS) is 13.4. The summed E-state index contributed by atoms with van der Waals surface area (Å²) in [5.41, 5.74) is 1.89. The van der Waals surface area contributed by atoms with Crippen molar-refractivity contribution in [2.45, 2.75) is 64.8 Å².